The van der Waals surface area contributed by atoms with E-state index in [-0.39, 0.29) is 24.4 Å². The SMILES string of the molecule is CCCC(C)(NC(=O)CCn1cnc2ccc(Br)cc2c1=O)C(=O)OC. The van der Waals surface area contributed by atoms with Gasteiger partial charge in [0.2, 0.25) is 5.91 Å². The monoisotopic (exact) mass is 423 g/mol. The Morgan fingerprint density at radius 1 is 1.38 bits per heavy atom. The van der Waals surface area contributed by atoms with Gasteiger partial charge in [-0.05, 0) is 31.5 Å². The van der Waals surface area contributed by atoms with Gasteiger partial charge in [-0.25, -0.2) is 9.78 Å². The van der Waals surface area contributed by atoms with Crippen LogP contribution in [0.25, 0.3) is 10.9 Å². The van der Waals surface area contributed by atoms with Crippen molar-refractivity contribution < 1.29 is 14.3 Å². The first kappa shape index (κ1) is 20.1. The number of carbonyl (C=O) groups excluding carboxylic acids is 2. The number of esters is 1. The number of nitrogens with zero attached hydrogens (tertiary/aromatic N) is 2. The van der Waals surface area contributed by atoms with Crippen LogP contribution in [0.4, 0.5) is 0 Å². The number of amides is 1. The summed E-state index contributed by atoms with van der Waals surface area (Å²) in [5.74, 6) is -0.810. The molecule has 1 N–H and O–H groups in total. The number of methoxy groups -OCH3 is 1. The number of nitrogens with one attached hydrogen (secondary N) is 1. The van der Waals surface area contributed by atoms with Gasteiger partial charge in [-0.15, -0.1) is 0 Å². The van der Waals surface area contributed by atoms with Crippen molar-refractivity contribution in [3.8, 4) is 0 Å². The molecule has 1 amide bonds. The maximum absolute atomic E-state index is 12.5. The number of hydrogen-bond donors (Lipinski definition) is 1. The highest BCUT2D eigenvalue weighted by atomic mass is 79.9. The lowest BCUT2D eigenvalue weighted by Crippen LogP contribution is -2.52. The number of aryl methyl sites for hydroxylation is 1. The van der Waals surface area contributed by atoms with Crippen LogP contribution in [-0.4, -0.2) is 34.1 Å². The molecular formula is C18H22BrN3O4. The summed E-state index contributed by atoms with van der Waals surface area (Å²) in [5.41, 5.74) is -0.689. The third kappa shape index (κ3) is 4.49. The normalized spacial score (nSPS) is 13.2. The second-order valence-corrected chi connectivity index (χ2v) is 7.19. The van der Waals surface area contributed by atoms with Gasteiger partial charge in [0.05, 0.1) is 24.3 Å². The van der Waals surface area contributed by atoms with Gasteiger partial charge in [-0.1, -0.05) is 29.3 Å². The van der Waals surface area contributed by atoms with E-state index in [9.17, 15) is 14.4 Å². The van der Waals surface area contributed by atoms with Gasteiger partial charge in [0.15, 0.2) is 0 Å². The van der Waals surface area contributed by atoms with Gasteiger partial charge in [0.1, 0.15) is 5.54 Å². The van der Waals surface area contributed by atoms with Crippen molar-refractivity contribution in [2.75, 3.05) is 7.11 Å². The van der Waals surface area contributed by atoms with Crippen molar-refractivity contribution in [2.45, 2.75) is 45.2 Å². The zero-order valence-electron chi connectivity index (χ0n) is 15.0. The van der Waals surface area contributed by atoms with Gasteiger partial charge in [0, 0.05) is 17.4 Å². The number of hydrogen-bond acceptors (Lipinski definition) is 5. The predicted molar refractivity (Wildman–Crippen MR) is 102 cm³/mol. The van der Waals surface area contributed by atoms with E-state index in [4.69, 9.17) is 4.74 Å². The van der Waals surface area contributed by atoms with E-state index in [0.717, 1.165) is 10.9 Å². The molecule has 1 atom stereocenters. The maximum atomic E-state index is 12.5. The minimum absolute atomic E-state index is 0.0530. The molecule has 0 aliphatic rings. The quantitative estimate of drug-likeness (QED) is 0.690. The summed E-state index contributed by atoms with van der Waals surface area (Å²) in [6.45, 7) is 3.73. The minimum Gasteiger partial charge on any atom is -0.467 e. The Kier molecular flexibility index (Phi) is 6.52. The van der Waals surface area contributed by atoms with Gasteiger partial charge in [0.25, 0.3) is 5.56 Å². The summed E-state index contributed by atoms with van der Waals surface area (Å²) in [5, 5.41) is 3.20. The second kappa shape index (κ2) is 8.44. The maximum Gasteiger partial charge on any atom is 0.331 e. The average Bonchev–Trinajstić information content (AvgIpc) is 2.61. The third-order valence-corrected chi connectivity index (χ3v) is 4.66. The van der Waals surface area contributed by atoms with Crippen LogP contribution in [0.1, 0.15) is 33.1 Å². The van der Waals surface area contributed by atoms with Crippen LogP contribution in [0.15, 0.2) is 33.8 Å². The van der Waals surface area contributed by atoms with Crippen LogP contribution >= 0.6 is 15.9 Å². The van der Waals surface area contributed by atoms with Crippen molar-refractivity contribution in [3.05, 3.63) is 39.4 Å². The Labute approximate surface area is 159 Å². The topological polar surface area (TPSA) is 90.3 Å². The molecule has 1 aromatic heterocycles. The van der Waals surface area contributed by atoms with E-state index in [0.29, 0.717) is 17.3 Å². The molecule has 0 saturated heterocycles. The van der Waals surface area contributed by atoms with Crippen molar-refractivity contribution in [1.29, 1.82) is 0 Å². The first-order valence-corrected chi connectivity index (χ1v) is 9.14. The summed E-state index contributed by atoms with van der Waals surface area (Å²) in [6.07, 6.45) is 2.67. The summed E-state index contributed by atoms with van der Waals surface area (Å²) < 4.78 is 6.96. The molecule has 2 rings (SSSR count). The lowest BCUT2D eigenvalue weighted by atomic mass is 9.96. The van der Waals surface area contributed by atoms with E-state index >= 15 is 0 Å². The number of carbonyl (C=O) groups is 2. The zero-order chi connectivity index (χ0) is 19.3. The fraction of sp³-hybridized carbons (Fsp3) is 0.444. The van der Waals surface area contributed by atoms with Gasteiger partial charge in [-0.3, -0.25) is 14.2 Å². The summed E-state index contributed by atoms with van der Waals surface area (Å²) >= 11 is 3.34. The first-order chi connectivity index (χ1) is 12.3. The van der Waals surface area contributed by atoms with Gasteiger partial charge >= 0.3 is 5.97 Å². The van der Waals surface area contributed by atoms with Gasteiger partial charge in [-0.2, -0.15) is 0 Å². The smallest absolute Gasteiger partial charge is 0.331 e. The summed E-state index contributed by atoms with van der Waals surface area (Å²) in [4.78, 5) is 41.0. The van der Waals surface area contributed by atoms with E-state index < -0.39 is 11.5 Å². The number of ether oxygens (including phenoxy) is 1. The minimum atomic E-state index is -1.07. The van der Waals surface area contributed by atoms with Crippen molar-refractivity contribution in [3.63, 3.8) is 0 Å². The molecule has 26 heavy (non-hydrogen) atoms. The lowest BCUT2D eigenvalue weighted by molar-refractivity contribution is -0.150. The van der Waals surface area contributed by atoms with Crippen LogP contribution in [0.2, 0.25) is 0 Å². The molecule has 0 aliphatic heterocycles. The highest BCUT2D eigenvalue weighted by Gasteiger charge is 2.34. The molecule has 140 valence electrons. The van der Waals surface area contributed by atoms with E-state index in [1.54, 1.807) is 19.1 Å². The Balaban J connectivity index is 2.12. The average molecular weight is 424 g/mol. The molecule has 7 nitrogen and oxygen atoms in total. The molecule has 1 heterocycles. The van der Waals surface area contributed by atoms with Crippen LogP contribution in [0, 0.1) is 0 Å². The number of rotatable bonds is 7. The van der Waals surface area contributed by atoms with Crippen LogP contribution in [0.5, 0.6) is 0 Å². The number of fused-ring (bicyclic) bond motifs is 1. The lowest BCUT2D eigenvalue weighted by Gasteiger charge is -2.27. The molecule has 8 heteroatoms. The molecule has 1 aromatic carbocycles. The Hall–Kier alpha value is -2.22. The first-order valence-electron chi connectivity index (χ1n) is 8.35. The zero-order valence-corrected chi connectivity index (χ0v) is 16.6. The molecule has 0 saturated carbocycles. The van der Waals surface area contributed by atoms with Crippen molar-refractivity contribution in [1.82, 2.24) is 14.9 Å². The standard InChI is InChI=1S/C18H22BrN3O4/c1-4-8-18(2,17(25)26-3)21-15(23)7-9-22-11-20-14-6-5-12(19)10-13(14)16(22)24/h5-6,10-11H,4,7-9H2,1-3H3,(H,21,23). The highest BCUT2D eigenvalue weighted by Crippen LogP contribution is 2.16. The molecular weight excluding hydrogens is 402 g/mol. The third-order valence-electron chi connectivity index (χ3n) is 4.17. The summed E-state index contributed by atoms with van der Waals surface area (Å²) in [6, 6.07) is 5.27. The van der Waals surface area contributed by atoms with Crippen LogP contribution in [-0.2, 0) is 20.9 Å². The van der Waals surface area contributed by atoms with Crippen molar-refractivity contribution >= 4 is 38.7 Å². The second-order valence-electron chi connectivity index (χ2n) is 6.28. The van der Waals surface area contributed by atoms with Crippen molar-refractivity contribution in [2.24, 2.45) is 0 Å². The highest BCUT2D eigenvalue weighted by molar-refractivity contribution is 9.10. The molecule has 0 bridgehead atoms. The fourth-order valence-corrected chi connectivity index (χ4v) is 3.18. The molecule has 0 fully saturated rings. The molecule has 0 aliphatic carbocycles. The van der Waals surface area contributed by atoms with E-state index in [1.165, 1.54) is 18.0 Å². The molecule has 0 spiro atoms. The predicted octanol–water partition coefficient (Wildman–Crippen LogP) is 2.40. The van der Waals surface area contributed by atoms with Crippen LogP contribution < -0.4 is 10.9 Å². The Morgan fingerprint density at radius 3 is 2.77 bits per heavy atom. The molecule has 2 aromatic rings. The number of benzene rings is 1. The molecule has 0 radical (unpaired) electrons. The largest absolute Gasteiger partial charge is 0.467 e. The van der Waals surface area contributed by atoms with E-state index in [2.05, 4.69) is 26.2 Å². The summed E-state index contributed by atoms with van der Waals surface area (Å²) in [7, 11) is 1.29. The molecule has 1 unspecified atom stereocenters. The fourth-order valence-electron chi connectivity index (χ4n) is 2.82. The van der Waals surface area contributed by atoms with Gasteiger partial charge < -0.3 is 10.1 Å². The Morgan fingerprint density at radius 2 is 2.12 bits per heavy atom. The Bertz CT molecular complexity index is 880. The number of halogens is 1. The van der Waals surface area contributed by atoms with Crippen LogP contribution in [0.3, 0.4) is 0 Å². The van der Waals surface area contributed by atoms with E-state index in [1.807, 2.05) is 13.0 Å². The number of aromatic nitrogens is 2.